The van der Waals surface area contributed by atoms with E-state index in [2.05, 4.69) is 5.32 Å². The van der Waals surface area contributed by atoms with Crippen molar-refractivity contribution in [3.63, 3.8) is 0 Å². The Hall–Kier alpha value is -1.57. The van der Waals surface area contributed by atoms with Gasteiger partial charge in [-0.25, -0.2) is 8.78 Å². The summed E-state index contributed by atoms with van der Waals surface area (Å²) < 4.78 is 31.2. The fraction of sp³-hybridized carbons (Fsp3) is 0.267. The van der Waals surface area contributed by atoms with Crippen LogP contribution < -0.4 is 11.1 Å². The summed E-state index contributed by atoms with van der Waals surface area (Å²) in [4.78, 5) is 13.0. The zero-order valence-electron chi connectivity index (χ0n) is 12.1. The Balaban J connectivity index is 0.00000264. The van der Waals surface area contributed by atoms with E-state index in [0.717, 1.165) is 4.90 Å². The first-order valence-corrected chi connectivity index (χ1v) is 7.61. The third-order valence-corrected chi connectivity index (χ3v) is 3.96. The van der Waals surface area contributed by atoms with Gasteiger partial charge in [-0.3, -0.25) is 4.79 Å². The van der Waals surface area contributed by atoms with Gasteiger partial charge in [-0.05, 0) is 18.2 Å². The Morgan fingerprint density at radius 3 is 2.61 bits per heavy atom. The molecule has 0 saturated heterocycles. The SMILES string of the molecule is Cl.NCC(F)(F)CNC(=O)c1occc1CSc1ccccc1. The second-order valence-electron chi connectivity index (χ2n) is 4.62. The van der Waals surface area contributed by atoms with Gasteiger partial charge in [0.2, 0.25) is 0 Å². The predicted octanol–water partition coefficient (Wildman–Crippen LogP) is 3.32. The van der Waals surface area contributed by atoms with Crippen molar-refractivity contribution in [2.75, 3.05) is 13.1 Å². The first kappa shape index (κ1) is 19.5. The lowest BCUT2D eigenvalue weighted by molar-refractivity contribution is 0.0115. The fourth-order valence-corrected chi connectivity index (χ4v) is 2.59. The molecule has 1 amide bonds. The van der Waals surface area contributed by atoms with Crippen LogP contribution in [0.3, 0.4) is 0 Å². The number of nitrogens with two attached hydrogens (primary N) is 1. The van der Waals surface area contributed by atoms with Gasteiger partial charge in [-0.15, -0.1) is 24.2 Å². The first-order chi connectivity index (χ1) is 10.5. The summed E-state index contributed by atoms with van der Waals surface area (Å²) in [5.74, 6) is -3.23. The lowest BCUT2D eigenvalue weighted by Gasteiger charge is -2.14. The molecule has 23 heavy (non-hydrogen) atoms. The van der Waals surface area contributed by atoms with Crippen molar-refractivity contribution in [2.45, 2.75) is 16.6 Å². The quantitative estimate of drug-likeness (QED) is 0.741. The molecule has 1 heterocycles. The molecule has 0 aliphatic heterocycles. The summed E-state index contributed by atoms with van der Waals surface area (Å²) >= 11 is 1.53. The number of thioether (sulfide) groups is 1. The van der Waals surface area contributed by atoms with Crippen LogP contribution in [0.25, 0.3) is 0 Å². The average Bonchev–Trinajstić information content (AvgIpc) is 3.00. The molecule has 0 saturated carbocycles. The number of nitrogens with one attached hydrogen (secondary N) is 1. The van der Waals surface area contributed by atoms with Crippen molar-refractivity contribution in [1.82, 2.24) is 5.32 Å². The highest BCUT2D eigenvalue weighted by Gasteiger charge is 2.28. The minimum absolute atomic E-state index is 0. The van der Waals surface area contributed by atoms with Gasteiger partial charge in [0, 0.05) is 16.2 Å². The lowest BCUT2D eigenvalue weighted by atomic mass is 10.2. The summed E-state index contributed by atoms with van der Waals surface area (Å²) in [6, 6.07) is 11.3. The Morgan fingerprint density at radius 2 is 1.96 bits per heavy atom. The number of furan rings is 1. The molecule has 1 aromatic heterocycles. The number of hydrogen-bond acceptors (Lipinski definition) is 4. The van der Waals surface area contributed by atoms with Crippen molar-refractivity contribution in [2.24, 2.45) is 5.73 Å². The monoisotopic (exact) mass is 362 g/mol. The minimum Gasteiger partial charge on any atom is -0.459 e. The van der Waals surface area contributed by atoms with E-state index in [0.29, 0.717) is 11.3 Å². The van der Waals surface area contributed by atoms with Crippen LogP contribution in [0, 0.1) is 0 Å². The van der Waals surface area contributed by atoms with E-state index in [1.807, 2.05) is 30.3 Å². The van der Waals surface area contributed by atoms with E-state index in [4.69, 9.17) is 10.2 Å². The number of hydrogen-bond donors (Lipinski definition) is 2. The molecule has 1 aromatic carbocycles. The topological polar surface area (TPSA) is 68.3 Å². The minimum atomic E-state index is -3.12. The molecule has 126 valence electrons. The smallest absolute Gasteiger partial charge is 0.287 e. The van der Waals surface area contributed by atoms with Crippen molar-refractivity contribution >= 4 is 30.1 Å². The number of amides is 1. The molecule has 0 spiro atoms. The maximum Gasteiger partial charge on any atom is 0.287 e. The second kappa shape index (κ2) is 8.90. The van der Waals surface area contributed by atoms with E-state index in [9.17, 15) is 13.6 Å². The van der Waals surface area contributed by atoms with E-state index >= 15 is 0 Å². The standard InChI is InChI=1S/C15H16F2N2O2S.ClH/c16-15(17,9-18)10-19-14(20)13-11(6-7-21-13)8-22-12-4-2-1-3-5-12;/h1-7H,8-10,18H2,(H,19,20);1H. The van der Waals surface area contributed by atoms with E-state index in [1.54, 1.807) is 6.07 Å². The van der Waals surface area contributed by atoms with Gasteiger partial charge in [0.25, 0.3) is 11.8 Å². The Bertz CT molecular complexity index is 623. The van der Waals surface area contributed by atoms with Crippen LogP contribution in [0.5, 0.6) is 0 Å². The summed E-state index contributed by atoms with van der Waals surface area (Å²) in [7, 11) is 0. The molecule has 0 radical (unpaired) electrons. The molecule has 0 bridgehead atoms. The Labute approximate surface area is 143 Å². The van der Waals surface area contributed by atoms with Crippen LogP contribution in [-0.2, 0) is 5.75 Å². The van der Waals surface area contributed by atoms with E-state index < -0.39 is 24.9 Å². The van der Waals surface area contributed by atoms with Crippen LogP contribution in [-0.4, -0.2) is 24.9 Å². The van der Waals surface area contributed by atoms with E-state index in [-0.39, 0.29) is 18.2 Å². The highest BCUT2D eigenvalue weighted by atomic mass is 35.5. The summed E-state index contributed by atoms with van der Waals surface area (Å²) in [6.07, 6.45) is 1.37. The molecule has 3 N–H and O–H groups in total. The Kier molecular flexibility index (Phi) is 7.54. The van der Waals surface area contributed by atoms with Gasteiger partial charge in [-0.2, -0.15) is 0 Å². The lowest BCUT2D eigenvalue weighted by Crippen LogP contribution is -2.41. The molecular formula is C15H17ClF2N2O2S. The molecule has 0 aliphatic carbocycles. The van der Waals surface area contributed by atoms with Crippen LogP contribution in [0.2, 0.25) is 0 Å². The van der Waals surface area contributed by atoms with E-state index in [1.165, 1.54) is 18.0 Å². The third kappa shape index (κ3) is 5.85. The Morgan fingerprint density at radius 1 is 1.26 bits per heavy atom. The van der Waals surface area contributed by atoms with Crippen LogP contribution >= 0.6 is 24.2 Å². The molecule has 0 aliphatic rings. The molecule has 4 nitrogen and oxygen atoms in total. The van der Waals surface area contributed by atoms with Gasteiger partial charge < -0.3 is 15.5 Å². The third-order valence-electron chi connectivity index (χ3n) is 2.90. The van der Waals surface area contributed by atoms with Crippen LogP contribution in [0.1, 0.15) is 16.1 Å². The number of benzene rings is 1. The number of carbonyl (C=O) groups is 1. The highest BCUT2D eigenvalue weighted by Crippen LogP contribution is 2.24. The highest BCUT2D eigenvalue weighted by molar-refractivity contribution is 7.98. The predicted molar refractivity (Wildman–Crippen MR) is 88.3 cm³/mol. The summed E-state index contributed by atoms with van der Waals surface area (Å²) in [5, 5.41) is 2.14. The molecule has 2 rings (SSSR count). The van der Waals surface area contributed by atoms with Crippen molar-refractivity contribution in [1.29, 1.82) is 0 Å². The first-order valence-electron chi connectivity index (χ1n) is 6.62. The molecule has 0 fully saturated rings. The normalized spacial score (nSPS) is 10.9. The maximum absolute atomic E-state index is 13.1. The summed E-state index contributed by atoms with van der Waals surface area (Å²) in [6.45, 7) is -1.63. The number of carbonyl (C=O) groups excluding carboxylic acids is 1. The van der Waals surface area contributed by atoms with Gasteiger partial charge in [-0.1, -0.05) is 18.2 Å². The summed E-state index contributed by atoms with van der Waals surface area (Å²) in [5.41, 5.74) is 5.58. The largest absolute Gasteiger partial charge is 0.459 e. The number of alkyl halides is 2. The van der Waals surface area contributed by atoms with Gasteiger partial charge >= 0.3 is 0 Å². The number of halogens is 3. The molecule has 8 heteroatoms. The zero-order chi connectivity index (χ0) is 16.0. The van der Waals surface area contributed by atoms with Gasteiger partial charge in [0.05, 0.1) is 19.4 Å². The maximum atomic E-state index is 13.1. The zero-order valence-corrected chi connectivity index (χ0v) is 13.8. The van der Waals surface area contributed by atoms with Crippen LogP contribution in [0.15, 0.2) is 52.0 Å². The number of rotatable bonds is 7. The van der Waals surface area contributed by atoms with Gasteiger partial charge in [0.15, 0.2) is 5.76 Å². The average molecular weight is 363 g/mol. The van der Waals surface area contributed by atoms with Crippen molar-refractivity contribution < 1.29 is 18.0 Å². The molecule has 2 aromatic rings. The molecule has 0 unspecified atom stereocenters. The van der Waals surface area contributed by atoms with Crippen molar-refractivity contribution in [3.8, 4) is 0 Å². The molecule has 0 atom stereocenters. The van der Waals surface area contributed by atoms with Gasteiger partial charge in [0.1, 0.15) is 0 Å². The van der Waals surface area contributed by atoms with Crippen LogP contribution in [0.4, 0.5) is 8.78 Å². The van der Waals surface area contributed by atoms with Crippen molar-refractivity contribution in [3.05, 3.63) is 54.0 Å². The molecular weight excluding hydrogens is 346 g/mol. The second-order valence-corrected chi connectivity index (χ2v) is 5.67. The fourth-order valence-electron chi connectivity index (χ4n) is 1.69.